The van der Waals surface area contributed by atoms with E-state index in [1.165, 1.54) is 5.56 Å². The molecule has 2 N–H and O–H groups in total. The van der Waals surface area contributed by atoms with Gasteiger partial charge in [0.1, 0.15) is 12.4 Å². The van der Waals surface area contributed by atoms with Crippen LogP contribution >= 0.6 is 23.2 Å². The van der Waals surface area contributed by atoms with Crippen LogP contribution in [0.4, 0.5) is 5.69 Å². The molecule has 2 nitrogen and oxygen atoms in total. The van der Waals surface area contributed by atoms with Crippen LogP contribution in [0.5, 0.6) is 5.75 Å². The molecular formula is C15H15Cl2NO. The molecule has 0 amide bonds. The summed E-state index contributed by atoms with van der Waals surface area (Å²) >= 11 is 12.1. The molecule has 0 aliphatic heterocycles. The molecule has 0 unspecified atom stereocenters. The highest BCUT2D eigenvalue weighted by Gasteiger charge is 2.06. The van der Waals surface area contributed by atoms with E-state index in [-0.39, 0.29) is 0 Å². The molecule has 0 fully saturated rings. The highest BCUT2D eigenvalue weighted by atomic mass is 35.5. The van der Waals surface area contributed by atoms with Crippen LogP contribution < -0.4 is 10.5 Å². The minimum absolute atomic E-state index is 0.342. The van der Waals surface area contributed by atoms with Crippen LogP contribution in [-0.2, 0) is 13.0 Å². The van der Waals surface area contributed by atoms with E-state index < -0.39 is 0 Å². The molecule has 0 saturated heterocycles. The number of nitrogen functional groups attached to an aromatic ring is 1. The third kappa shape index (κ3) is 3.34. The fourth-order valence-corrected chi connectivity index (χ4v) is 2.14. The minimum atomic E-state index is 0.342. The van der Waals surface area contributed by atoms with Gasteiger partial charge in [-0.05, 0) is 30.2 Å². The highest BCUT2D eigenvalue weighted by molar-refractivity contribution is 6.42. The molecule has 0 heterocycles. The summed E-state index contributed by atoms with van der Waals surface area (Å²) in [7, 11) is 0. The maximum absolute atomic E-state index is 6.10. The topological polar surface area (TPSA) is 35.2 Å². The van der Waals surface area contributed by atoms with Crippen LogP contribution in [0.25, 0.3) is 0 Å². The second-order valence-electron chi connectivity index (χ2n) is 4.23. The fourth-order valence-electron chi connectivity index (χ4n) is 1.76. The lowest BCUT2D eigenvalue weighted by atomic mass is 10.1. The van der Waals surface area contributed by atoms with E-state index >= 15 is 0 Å². The Morgan fingerprint density at radius 2 is 1.95 bits per heavy atom. The van der Waals surface area contributed by atoms with Crippen molar-refractivity contribution in [2.24, 2.45) is 0 Å². The van der Waals surface area contributed by atoms with Gasteiger partial charge < -0.3 is 10.5 Å². The zero-order valence-electron chi connectivity index (χ0n) is 10.6. The summed E-state index contributed by atoms with van der Waals surface area (Å²) in [6.07, 6.45) is 0.949. The van der Waals surface area contributed by atoms with E-state index in [2.05, 4.69) is 6.92 Å². The van der Waals surface area contributed by atoms with Gasteiger partial charge in [-0.2, -0.15) is 0 Å². The van der Waals surface area contributed by atoms with Crippen molar-refractivity contribution in [3.05, 3.63) is 57.6 Å². The van der Waals surface area contributed by atoms with Gasteiger partial charge in [-0.3, -0.25) is 0 Å². The molecule has 2 aromatic rings. The Morgan fingerprint density at radius 3 is 2.63 bits per heavy atom. The van der Waals surface area contributed by atoms with Crippen molar-refractivity contribution in [2.75, 3.05) is 5.73 Å². The Kier molecular flexibility index (Phi) is 4.56. The number of ether oxygens (including phenoxy) is 1. The van der Waals surface area contributed by atoms with E-state index in [1.807, 2.05) is 30.3 Å². The molecule has 0 radical (unpaired) electrons. The zero-order valence-corrected chi connectivity index (χ0v) is 12.1. The molecule has 0 bridgehead atoms. The molecule has 0 aliphatic carbocycles. The van der Waals surface area contributed by atoms with Gasteiger partial charge in [0.05, 0.1) is 15.7 Å². The van der Waals surface area contributed by atoms with Crippen molar-refractivity contribution in [1.82, 2.24) is 0 Å². The molecule has 0 aromatic heterocycles. The van der Waals surface area contributed by atoms with Crippen LogP contribution in [-0.4, -0.2) is 0 Å². The quantitative estimate of drug-likeness (QED) is 0.829. The van der Waals surface area contributed by atoms with Crippen molar-refractivity contribution in [1.29, 1.82) is 0 Å². The minimum Gasteiger partial charge on any atom is -0.487 e. The van der Waals surface area contributed by atoms with E-state index in [0.717, 1.165) is 12.0 Å². The predicted octanol–water partition coefficient (Wildman–Crippen LogP) is 4.72. The second kappa shape index (κ2) is 6.18. The normalized spacial score (nSPS) is 10.5. The van der Waals surface area contributed by atoms with Gasteiger partial charge in [-0.1, -0.05) is 48.3 Å². The lowest BCUT2D eigenvalue weighted by Gasteiger charge is -2.11. The highest BCUT2D eigenvalue weighted by Crippen LogP contribution is 2.28. The summed E-state index contributed by atoms with van der Waals surface area (Å²) in [6.45, 7) is 2.43. The third-order valence-electron chi connectivity index (χ3n) is 2.90. The van der Waals surface area contributed by atoms with E-state index in [4.69, 9.17) is 33.7 Å². The van der Waals surface area contributed by atoms with Crippen molar-refractivity contribution in [3.63, 3.8) is 0 Å². The molecule has 0 atom stereocenters. The maximum atomic E-state index is 6.10. The number of aryl methyl sites for hydroxylation is 1. The summed E-state index contributed by atoms with van der Waals surface area (Å²) in [5, 5.41) is 1.05. The predicted molar refractivity (Wildman–Crippen MR) is 81.0 cm³/mol. The molecule has 19 heavy (non-hydrogen) atoms. The third-order valence-corrected chi connectivity index (χ3v) is 3.76. The van der Waals surface area contributed by atoms with Gasteiger partial charge >= 0.3 is 0 Å². The number of hydrogen-bond acceptors (Lipinski definition) is 2. The SMILES string of the molecule is CCc1ccc(OCc2cccc(Cl)c2Cl)c(N)c1. The van der Waals surface area contributed by atoms with Gasteiger partial charge in [0.25, 0.3) is 0 Å². The number of anilines is 1. The van der Waals surface area contributed by atoms with E-state index in [1.54, 1.807) is 6.07 Å². The molecule has 2 aromatic carbocycles. The molecular weight excluding hydrogens is 281 g/mol. The maximum Gasteiger partial charge on any atom is 0.142 e. The van der Waals surface area contributed by atoms with Crippen molar-refractivity contribution < 1.29 is 4.74 Å². The van der Waals surface area contributed by atoms with Crippen molar-refractivity contribution >= 4 is 28.9 Å². The molecule has 4 heteroatoms. The van der Waals surface area contributed by atoms with Crippen LogP contribution in [0, 0.1) is 0 Å². The number of hydrogen-bond donors (Lipinski definition) is 1. The fraction of sp³-hybridized carbons (Fsp3) is 0.200. The monoisotopic (exact) mass is 295 g/mol. The number of halogens is 2. The smallest absolute Gasteiger partial charge is 0.142 e. The number of benzene rings is 2. The molecule has 0 aliphatic rings. The average Bonchev–Trinajstić information content (AvgIpc) is 2.41. The van der Waals surface area contributed by atoms with Gasteiger partial charge in [0.2, 0.25) is 0 Å². The van der Waals surface area contributed by atoms with Gasteiger partial charge in [0, 0.05) is 5.56 Å². The van der Waals surface area contributed by atoms with Gasteiger partial charge in [-0.15, -0.1) is 0 Å². The Hall–Kier alpha value is -1.38. The first-order valence-corrected chi connectivity index (χ1v) is 6.81. The summed E-state index contributed by atoms with van der Waals surface area (Å²) in [5.74, 6) is 0.660. The van der Waals surface area contributed by atoms with Gasteiger partial charge in [0.15, 0.2) is 0 Å². The van der Waals surface area contributed by atoms with Crippen LogP contribution in [0.15, 0.2) is 36.4 Å². The Morgan fingerprint density at radius 1 is 1.16 bits per heavy atom. The largest absolute Gasteiger partial charge is 0.487 e. The lowest BCUT2D eigenvalue weighted by molar-refractivity contribution is 0.308. The standard InChI is InChI=1S/C15H15Cl2NO/c1-2-10-6-7-14(13(18)8-10)19-9-11-4-3-5-12(16)15(11)17/h3-8H,2,9,18H2,1H3. The Bertz CT molecular complexity index is 584. The lowest BCUT2D eigenvalue weighted by Crippen LogP contribution is -2.00. The Labute approximate surface area is 123 Å². The van der Waals surface area contributed by atoms with Crippen LogP contribution in [0.2, 0.25) is 10.0 Å². The van der Waals surface area contributed by atoms with E-state index in [0.29, 0.717) is 28.1 Å². The molecule has 2 rings (SSSR count). The van der Waals surface area contributed by atoms with Crippen LogP contribution in [0.1, 0.15) is 18.1 Å². The first-order valence-electron chi connectivity index (χ1n) is 6.06. The molecule has 0 saturated carbocycles. The zero-order chi connectivity index (χ0) is 13.8. The van der Waals surface area contributed by atoms with Gasteiger partial charge in [-0.25, -0.2) is 0 Å². The van der Waals surface area contributed by atoms with Crippen LogP contribution in [0.3, 0.4) is 0 Å². The molecule has 100 valence electrons. The first-order chi connectivity index (χ1) is 9.11. The van der Waals surface area contributed by atoms with E-state index in [9.17, 15) is 0 Å². The Balaban J connectivity index is 2.12. The van der Waals surface area contributed by atoms with Crippen molar-refractivity contribution in [2.45, 2.75) is 20.0 Å². The second-order valence-corrected chi connectivity index (χ2v) is 5.01. The van der Waals surface area contributed by atoms with Crippen molar-refractivity contribution in [3.8, 4) is 5.75 Å². The number of rotatable bonds is 4. The summed E-state index contributed by atoms with van der Waals surface area (Å²) < 4.78 is 5.69. The number of nitrogens with two attached hydrogens (primary N) is 1. The summed E-state index contributed by atoms with van der Waals surface area (Å²) in [6, 6.07) is 11.3. The summed E-state index contributed by atoms with van der Waals surface area (Å²) in [4.78, 5) is 0. The summed E-state index contributed by atoms with van der Waals surface area (Å²) in [5.41, 5.74) is 8.61. The average molecular weight is 296 g/mol. The molecule has 0 spiro atoms. The first kappa shape index (κ1) is 14.0.